The summed E-state index contributed by atoms with van der Waals surface area (Å²) in [5, 5.41) is 6.08. The summed E-state index contributed by atoms with van der Waals surface area (Å²) >= 11 is 5.39. The van der Waals surface area contributed by atoms with Crippen LogP contribution in [0, 0.1) is 0 Å². The van der Waals surface area contributed by atoms with Gasteiger partial charge in [0.05, 0.1) is 11.0 Å². The fourth-order valence-electron chi connectivity index (χ4n) is 2.79. The third kappa shape index (κ3) is 3.57. The molecule has 4 nitrogen and oxygen atoms in total. The maximum Gasteiger partial charge on any atom is 0.237 e. The second-order valence-electron chi connectivity index (χ2n) is 5.67. The van der Waals surface area contributed by atoms with Crippen molar-refractivity contribution < 1.29 is 4.79 Å². The fraction of sp³-hybridized carbons (Fsp3) is 0.222. The highest BCUT2D eigenvalue weighted by molar-refractivity contribution is 7.80. The minimum atomic E-state index is -0.588. The Hall–Kier alpha value is -2.24. The molecule has 1 aliphatic rings. The Bertz CT molecular complexity index is 717. The predicted molar refractivity (Wildman–Crippen MR) is 96.3 cm³/mol. The van der Waals surface area contributed by atoms with Gasteiger partial charge in [0.1, 0.15) is 0 Å². The number of amides is 1. The number of anilines is 1. The molecule has 0 fully saturated rings. The molecule has 1 heterocycles. The zero-order valence-electron chi connectivity index (χ0n) is 12.7. The highest BCUT2D eigenvalue weighted by Crippen LogP contribution is 2.35. The molecule has 0 radical (unpaired) electrons. The second-order valence-corrected chi connectivity index (χ2v) is 6.11. The highest BCUT2D eigenvalue weighted by Gasteiger charge is 2.30. The van der Waals surface area contributed by atoms with Gasteiger partial charge in [-0.05, 0) is 23.6 Å². The molecular weight excluding hydrogens is 306 g/mol. The van der Waals surface area contributed by atoms with Crippen LogP contribution >= 0.6 is 12.2 Å². The molecule has 1 amide bonds. The Kier molecular flexibility index (Phi) is 4.69. The molecule has 0 aliphatic carbocycles. The smallest absolute Gasteiger partial charge is 0.237 e. The van der Waals surface area contributed by atoms with E-state index in [2.05, 4.69) is 10.6 Å². The van der Waals surface area contributed by atoms with E-state index in [-0.39, 0.29) is 11.8 Å². The van der Waals surface area contributed by atoms with Gasteiger partial charge in [0.25, 0.3) is 0 Å². The standard InChI is InChI=1S/C18H19N3OS/c19-15(17(22)20-11-12-6-2-1-3-7-12)10-14-13-8-4-5-9-16(13)21-18(14)23/h1-9,14-15H,10-11,19H2,(H,20,22)(H,21,23). The number of carbonyl (C=O) groups is 1. The van der Waals surface area contributed by atoms with Crippen LogP contribution in [0.2, 0.25) is 0 Å². The van der Waals surface area contributed by atoms with Crippen molar-refractivity contribution in [3.8, 4) is 0 Å². The van der Waals surface area contributed by atoms with E-state index in [4.69, 9.17) is 18.0 Å². The fourth-order valence-corrected chi connectivity index (χ4v) is 3.12. The van der Waals surface area contributed by atoms with Gasteiger partial charge in [0.15, 0.2) is 0 Å². The van der Waals surface area contributed by atoms with Gasteiger partial charge in [-0.25, -0.2) is 0 Å². The van der Waals surface area contributed by atoms with E-state index >= 15 is 0 Å². The quantitative estimate of drug-likeness (QED) is 0.739. The first-order valence-corrected chi connectivity index (χ1v) is 8.03. The molecule has 5 heteroatoms. The van der Waals surface area contributed by atoms with Gasteiger partial charge in [-0.1, -0.05) is 60.7 Å². The molecular formula is C18H19N3OS. The van der Waals surface area contributed by atoms with Crippen molar-refractivity contribution >= 4 is 28.8 Å². The molecule has 2 unspecified atom stereocenters. The Morgan fingerprint density at radius 2 is 1.87 bits per heavy atom. The summed E-state index contributed by atoms with van der Waals surface area (Å²) in [6, 6.07) is 17.1. The van der Waals surface area contributed by atoms with Crippen molar-refractivity contribution in [2.75, 3.05) is 5.32 Å². The number of hydrogen-bond acceptors (Lipinski definition) is 3. The number of para-hydroxylation sites is 1. The van der Waals surface area contributed by atoms with Gasteiger partial charge in [-0.3, -0.25) is 4.79 Å². The SMILES string of the molecule is NC(CC1C(=S)Nc2ccccc21)C(=O)NCc1ccccc1. The molecule has 4 N–H and O–H groups in total. The molecule has 2 aromatic rings. The number of nitrogens with two attached hydrogens (primary N) is 1. The predicted octanol–water partition coefficient (Wildman–Crippen LogP) is 2.56. The first kappa shape index (κ1) is 15.6. The van der Waals surface area contributed by atoms with Crippen molar-refractivity contribution in [1.29, 1.82) is 0 Å². The van der Waals surface area contributed by atoms with Gasteiger partial charge in [-0.15, -0.1) is 0 Å². The van der Waals surface area contributed by atoms with Crippen LogP contribution < -0.4 is 16.4 Å². The van der Waals surface area contributed by atoms with Gasteiger partial charge in [-0.2, -0.15) is 0 Å². The molecule has 2 atom stereocenters. The minimum absolute atomic E-state index is 0.00123. The maximum absolute atomic E-state index is 12.2. The number of hydrogen-bond donors (Lipinski definition) is 3. The molecule has 3 rings (SSSR count). The molecule has 1 aliphatic heterocycles. The van der Waals surface area contributed by atoms with Gasteiger partial charge >= 0.3 is 0 Å². The molecule has 0 saturated carbocycles. The van der Waals surface area contributed by atoms with Crippen molar-refractivity contribution in [3.05, 3.63) is 65.7 Å². The lowest BCUT2D eigenvalue weighted by Gasteiger charge is -2.17. The van der Waals surface area contributed by atoms with Gasteiger partial charge in [0.2, 0.25) is 5.91 Å². The Morgan fingerprint density at radius 1 is 1.17 bits per heavy atom. The summed E-state index contributed by atoms with van der Waals surface area (Å²) in [6.45, 7) is 0.483. The van der Waals surface area contributed by atoms with Gasteiger partial charge in [0, 0.05) is 18.2 Å². The third-order valence-corrected chi connectivity index (χ3v) is 4.43. The minimum Gasteiger partial charge on any atom is -0.351 e. The Labute approximate surface area is 141 Å². The van der Waals surface area contributed by atoms with Crippen LogP contribution in [0.25, 0.3) is 0 Å². The van der Waals surface area contributed by atoms with E-state index in [9.17, 15) is 4.79 Å². The zero-order valence-corrected chi connectivity index (χ0v) is 13.5. The average molecular weight is 325 g/mol. The van der Waals surface area contributed by atoms with Crippen molar-refractivity contribution in [2.45, 2.75) is 24.9 Å². The van der Waals surface area contributed by atoms with E-state index in [1.165, 1.54) is 0 Å². The normalized spacial score (nSPS) is 17.3. The molecule has 0 aromatic heterocycles. The largest absolute Gasteiger partial charge is 0.351 e. The number of rotatable bonds is 5. The van der Waals surface area contributed by atoms with Crippen LogP contribution in [0.3, 0.4) is 0 Å². The lowest BCUT2D eigenvalue weighted by atomic mass is 9.94. The van der Waals surface area contributed by atoms with Crippen LogP contribution in [-0.4, -0.2) is 16.9 Å². The summed E-state index contributed by atoms with van der Waals surface area (Å²) in [7, 11) is 0. The van der Waals surface area contributed by atoms with Crippen molar-refractivity contribution in [2.24, 2.45) is 5.73 Å². The highest BCUT2D eigenvalue weighted by atomic mass is 32.1. The number of carbonyl (C=O) groups excluding carboxylic acids is 1. The lowest BCUT2D eigenvalue weighted by molar-refractivity contribution is -0.122. The summed E-state index contributed by atoms with van der Waals surface area (Å²) in [5.41, 5.74) is 9.26. The van der Waals surface area contributed by atoms with E-state index in [0.717, 1.165) is 21.8 Å². The number of nitrogens with one attached hydrogen (secondary N) is 2. The summed E-state index contributed by atoms with van der Waals surface area (Å²) in [5.74, 6) is -0.153. The monoisotopic (exact) mass is 325 g/mol. The zero-order chi connectivity index (χ0) is 16.2. The Balaban J connectivity index is 1.59. The Morgan fingerprint density at radius 3 is 2.65 bits per heavy atom. The van der Waals surface area contributed by atoms with Gasteiger partial charge < -0.3 is 16.4 Å². The number of thiocarbonyl (C=S) groups is 1. The van der Waals surface area contributed by atoms with Crippen LogP contribution in [0.1, 0.15) is 23.5 Å². The molecule has 0 spiro atoms. The molecule has 23 heavy (non-hydrogen) atoms. The lowest BCUT2D eigenvalue weighted by Crippen LogP contribution is -2.41. The molecule has 0 bridgehead atoms. The van der Waals surface area contributed by atoms with Crippen molar-refractivity contribution in [1.82, 2.24) is 5.32 Å². The van der Waals surface area contributed by atoms with E-state index in [1.54, 1.807) is 0 Å². The van der Waals surface area contributed by atoms with E-state index in [1.807, 2.05) is 54.6 Å². The van der Waals surface area contributed by atoms with Crippen LogP contribution in [0.5, 0.6) is 0 Å². The van der Waals surface area contributed by atoms with Crippen LogP contribution in [-0.2, 0) is 11.3 Å². The average Bonchev–Trinajstić information content (AvgIpc) is 2.89. The maximum atomic E-state index is 12.2. The topological polar surface area (TPSA) is 67.1 Å². The number of benzene rings is 2. The first-order valence-electron chi connectivity index (χ1n) is 7.62. The van der Waals surface area contributed by atoms with Crippen molar-refractivity contribution in [3.63, 3.8) is 0 Å². The van der Waals surface area contributed by atoms with E-state index < -0.39 is 6.04 Å². The number of fused-ring (bicyclic) bond motifs is 1. The summed E-state index contributed by atoms with van der Waals surface area (Å²) in [6.07, 6.45) is 0.503. The first-order chi connectivity index (χ1) is 11.1. The molecule has 0 saturated heterocycles. The third-order valence-electron chi connectivity index (χ3n) is 4.05. The second kappa shape index (κ2) is 6.89. The van der Waals surface area contributed by atoms with Crippen LogP contribution in [0.15, 0.2) is 54.6 Å². The molecule has 2 aromatic carbocycles. The van der Waals surface area contributed by atoms with E-state index in [0.29, 0.717) is 13.0 Å². The van der Waals surface area contributed by atoms with Crippen LogP contribution in [0.4, 0.5) is 5.69 Å². The summed E-state index contributed by atoms with van der Waals surface area (Å²) < 4.78 is 0. The molecule has 118 valence electrons. The summed E-state index contributed by atoms with van der Waals surface area (Å²) in [4.78, 5) is 13.0.